The average Bonchev–Trinajstić information content (AvgIpc) is 3.44. The lowest BCUT2D eigenvalue weighted by molar-refractivity contribution is -0.127. The Labute approximate surface area is 253 Å². The zero-order valence-corrected chi connectivity index (χ0v) is 24.8. The van der Waals surface area contributed by atoms with Crippen LogP contribution in [0, 0.1) is 0 Å². The summed E-state index contributed by atoms with van der Waals surface area (Å²) < 4.78 is 50.8. The maximum Gasteiger partial charge on any atom is 0.394 e. The van der Waals surface area contributed by atoms with Crippen LogP contribution in [0.5, 0.6) is 5.75 Å². The van der Waals surface area contributed by atoms with E-state index in [4.69, 9.17) is 4.74 Å². The van der Waals surface area contributed by atoms with E-state index in [2.05, 4.69) is 10.00 Å². The molecule has 0 saturated carbocycles. The van der Waals surface area contributed by atoms with E-state index in [1.165, 1.54) is 0 Å². The smallest absolute Gasteiger partial charge is 0.394 e. The highest BCUT2D eigenvalue weighted by atomic mass is 19.4. The van der Waals surface area contributed by atoms with E-state index in [-0.39, 0.29) is 11.4 Å². The third-order valence-electron chi connectivity index (χ3n) is 8.43. The van der Waals surface area contributed by atoms with Crippen LogP contribution in [0.3, 0.4) is 0 Å². The van der Waals surface area contributed by atoms with Gasteiger partial charge in [0.1, 0.15) is 11.4 Å². The number of hydrogen-bond donors (Lipinski definition) is 1. The van der Waals surface area contributed by atoms with Crippen LogP contribution >= 0.6 is 0 Å². The Morgan fingerprint density at radius 3 is 2.50 bits per heavy atom. The van der Waals surface area contributed by atoms with Gasteiger partial charge in [0.15, 0.2) is 0 Å². The van der Waals surface area contributed by atoms with E-state index in [0.29, 0.717) is 60.4 Å². The van der Waals surface area contributed by atoms with Crippen molar-refractivity contribution in [2.24, 2.45) is 7.05 Å². The Morgan fingerprint density at radius 2 is 1.70 bits per heavy atom. The van der Waals surface area contributed by atoms with Crippen LogP contribution in [-0.2, 0) is 33.0 Å². The van der Waals surface area contributed by atoms with Crippen LogP contribution in [0.25, 0.3) is 32.8 Å². The fourth-order valence-corrected chi connectivity index (χ4v) is 6.57. The molecule has 44 heavy (non-hydrogen) atoms. The quantitative estimate of drug-likeness (QED) is 0.199. The fraction of sp³-hybridized carbons (Fsp3) is 0.353. The molecule has 2 aromatic heterocycles. The number of carboxylic acids is 1. The lowest BCUT2D eigenvalue weighted by Crippen LogP contribution is -2.21. The average molecular weight is 605 g/mol. The van der Waals surface area contributed by atoms with Crippen molar-refractivity contribution in [2.45, 2.75) is 51.4 Å². The highest BCUT2D eigenvalue weighted by Gasteiger charge is 2.34. The fourth-order valence-electron chi connectivity index (χ4n) is 6.57. The molecule has 7 nitrogen and oxygen atoms in total. The van der Waals surface area contributed by atoms with Crippen molar-refractivity contribution in [1.29, 1.82) is 0 Å². The Hall–Kier alpha value is -4.31. The van der Waals surface area contributed by atoms with Crippen molar-refractivity contribution in [3.8, 4) is 16.9 Å². The van der Waals surface area contributed by atoms with E-state index in [9.17, 15) is 23.1 Å². The largest absolute Gasteiger partial charge is 0.493 e. The zero-order chi connectivity index (χ0) is 31.0. The normalized spacial score (nSPS) is 14.5. The first kappa shape index (κ1) is 29.7. The van der Waals surface area contributed by atoms with Crippen molar-refractivity contribution in [2.75, 3.05) is 20.2 Å². The molecule has 230 valence electrons. The number of rotatable bonds is 7. The molecule has 3 heterocycles. The summed E-state index contributed by atoms with van der Waals surface area (Å²) in [6, 6.07) is 19.4. The number of aromatic nitrogens is 3. The summed E-state index contributed by atoms with van der Waals surface area (Å²) in [5, 5.41) is 17.7. The standard InChI is InChI=1S/C34H35F3N4O3/c1-39-17-5-6-18-41-31-24(13-8-14-26(31)30-27(20-34(35,36)37)38-40(2)28(30)21-39)25(32(41)33(42)43)15-9-19-44-29-16-7-11-22-10-3-4-12-23(22)29/h3-4,7-8,10-14,16H,5-6,9,15,17-21H2,1-2H3,(H,42,43). The minimum absolute atomic E-state index is 0.0511. The van der Waals surface area contributed by atoms with Crippen molar-refractivity contribution < 1.29 is 27.8 Å². The van der Waals surface area contributed by atoms with Gasteiger partial charge in [-0.3, -0.25) is 4.68 Å². The van der Waals surface area contributed by atoms with E-state index in [1.54, 1.807) is 23.9 Å². The molecule has 1 aliphatic heterocycles. The van der Waals surface area contributed by atoms with E-state index in [1.807, 2.05) is 60.1 Å². The molecule has 1 aliphatic rings. The second-order valence-corrected chi connectivity index (χ2v) is 11.5. The first-order valence-corrected chi connectivity index (χ1v) is 14.9. The number of para-hydroxylation sites is 1. The molecule has 0 spiro atoms. The van der Waals surface area contributed by atoms with E-state index >= 15 is 0 Å². The number of aromatic carboxylic acids is 1. The topological polar surface area (TPSA) is 72.5 Å². The molecule has 0 unspecified atom stereocenters. The maximum atomic E-state index is 13.8. The van der Waals surface area contributed by atoms with Gasteiger partial charge in [-0.15, -0.1) is 0 Å². The monoisotopic (exact) mass is 604 g/mol. The van der Waals surface area contributed by atoms with Gasteiger partial charge in [-0.05, 0) is 56.3 Å². The first-order valence-electron chi connectivity index (χ1n) is 14.9. The number of nitrogens with zero attached hydrogens (tertiary/aromatic N) is 4. The number of carboxylic acid groups (broad SMARTS) is 1. The molecule has 1 N–H and O–H groups in total. The summed E-state index contributed by atoms with van der Waals surface area (Å²) in [6.07, 6.45) is -3.06. The van der Waals surface area contributed by atoms with Crippen LogP contribution in [0.1, 0.15) is 46.7 Å². The highest BCUT2D eigenvalue weighted by molar-refractivity contribution is 6.04. The Morgan fingerprint density at radius 1 is 0.977 bits per heavy atom. The Balaban J connectivity index is 1.44. The summed E-state index contributed by atoms with van der Waals surface area (Å²) >= 11 is 0. The van der Waals surface area contributed by atoms with Crippen molar-refractivity contribution in [3.63, 3.8) is 0 Å². The van der Waals surface area contributed by atoms with E-state index < -0.39 is 18.6 Å². The van der Waals surface area contributed by atoms with Crippen LogP contribution < -0.4 is 4.74 Å². The van der Waals surface area contributed by atoms with Gasteiger partial charge in [0.25, 0.3) is 0 Å². The third-order valence-corrected chi connectivity index (χ3v) is 8.43. The predicted molar refractivity (Wildman–Crippen MR) is 164 cm³/mol. The van der Waals surface area contributed by atoms with Crippen LogP contribution in [0.4, 0.5) is 13.2 Å². The molecule has 0 saturated heterocycles. The molecule has 0 bridgehead atoms. The highest BCUT2D eigenvalue weighted by Crippen LogP contribution is 2.40. The number of alkyl halides is 3. The minimum atomic E-state index is -4.45. The summed E-state index contributed by atoms with van der Waals surface area (Å²) in [7, 11) is 3.62. The van der Waals surface area contributed by atoms with Gasteiger partial charge < -0.3 is 19.3 Å². The summed E-state index contributed by atoms with van der Waals surface area (Å²) in [4.78, 5) is 14.9. The Kier molecular flexibility index (Phi) is 8.11. The molecule has 0 aliphatic carbocycles. The second-order valence-electron chi connectivity index (χ2n) is 11.5. The molecule has 0 radical (unpaired) electrons. The van der Waals surface area contributed by atoms with Crippen LogP contribution in [-0.4, -0.2) is 56.7 Å². The van der Waals surface area contributed by atoms with Crippen molar-refractivity contribution >= 4 is 27.6 Å². The molecule has 3 aromatic carbocycles. The zero-order valence-electron chi connectivity index (χ0n) is 24.8. The summed E-state index contributed by atoms with van der Waals surface area (Å²) in [5.41, 5.74) is 3.16. The predicted octanol–water partition coefficient (Wildman–Crippen LogP) is 7.24. The molecule has 5 aromatic rings. The summed E-state index contributed by atoms with van der Waals surface area (Å²) in [6.45, 7) is 1.98. The van der Waals surface area contributed by atoms with Crippen LogP contribution in [0.2, 0.25) is 0 Å². The number of carbonyl (C=O) groups is 1. The number of hydrogen-bond acceptors (Lipinski definition) is 4. The first-order chi connectivity index (χ1) is 21.1. The SMILES string of the molecule is CN1CCCCn2c(C(=O)O)c(CCCOc3cccc4ccccc34)c3cccc(c32)-c2c(CC(F)(F)F)nn(C)c2C1. The number of aryl methyl sites for hydroxylation is 3. The summed E-state index contributed by atoms with van der Waals surface area (Å²) in [5.74, 6) is -0.280. The van der Waals surface area contributed by atoms with Gasteiger partial charge in [0.05, 0.1) is 29.9 Å². The molecule has 0 fully saturated rings. The van der Waals surface area contributed by atoms with Gasteiger partial charge in [-0.1, -0.05) is 54.6 Å². The molecule has 10 heteroatoms. The second kappa shape index (κ2) is 12.0. The van der Waals surface area contributed by atoms with Crippen LogP contribution in [0.15, 0.2) is 60.7 Å². The third kappa shape index (κ3) is 5.78. The van der Waals surface area contributed by atoms with Gasteiger partial charge in [-0.2, -0.15) is 18.3 Å². The molecule has 0 amide bonds. The lowest BCUT2D eigenvalue weighted by atomic mass is 9.96. The molecule has 0 atom stereocenters. The lowest BCUT2D eigenvalue weighted by Gasteiger charge is -2.17. The Bertz CT molecular complexity index is 1830. The number of benzene rings is 3. The van der Waals surface area contributed by atoms with Crippen molar-refractivity contribution in [3.05, 3.63) is 83.3 Å². The molecular formula is C34H35F3N4O3. The van der Waals surface area contributed by atoms with E-state index in [0.717, 1.165) is 41.3 Å². The molecular weight excluding hydrogens is 569 g/mol. The van der Waals surface area contributed by atoms with Gasteiger partial charge in [-0.25, -0.2) is 4.79 Å². The number of fused-ring (bicyclic) bond motifs is 3. The van der Waals surface area contributed by atoms with Gasteiger partial charge in [0, 0.05) is 42.0 Å². The number of ether oxygens (including phenoxy) is 1. The van der Waals surface area contributed by atoms with Gasteiger partial charge >= 0.3 is 12.1 Å². The van der Waals surface area contributed by atoms with Gasteiger partial charge in [0.2, 0.25) is 0 Å². The number of halogens is 3. The maximum absolute atomic E-state index is 13.8. The minimum Gasteiger partial charge on any atom is -0.493 e. The molecule has 6 rings (SSSR count). The van der Waals surface area contributed by atoms with Crippen molar-refractivity contribution in [1.82, 2.24) is 19.2 Å².